The molecule has 4 rings (SSSR count). The zero-order valence-electron chi connectivity index (χ0n) is 18.4. The molecule has 0 radical (unpaired) electrons. The van der Waals surface area contributed by atoms with Gasteiger partial charge in [-0.2, -0.15) is 0 Å². The predicted molar refractivity (Wildman–Crippen MR) is 121 cm³/mol. The molecule has 0 spiro atoms. The smallest absolute Gasteiger partial charge is 0.255 e. The van der Waals surface area contributed by atoms with E-state index in [-0.39, 0.29) is 35.5 Å². The third-order valence-electron chi connectivity index (χ3n) is 6.23. The standard InChI is InChI=1S/C24H28FN5O3/c1-33-19-9-5-4-8-17(19)24(32)28-13-14-10-11-16(18(25)12-14)21-20(23(27)31)22(26)30(29-21)15-6-2-3-7-15/h4-5,8-12,15,21,29H,2-3,6-7,13,26H2,1H3,(H2,27,31)(H,28,32). The second-order valence-electron chi connectivity index (χ2n) is 8.27. The minimum absolute atomic E-state index is 0.126. The zero-order valence-corrected chi connectivity index (χ0v) is 18.4. The van der Waals surface area contributed by atoms with Crippen molar-refractivity contribution < 1.29 is 18.7 Å². The van der Waals surface area contributed by atoms with Crippen LogP contribution in [-0.2, 0) is 11.3 Å². The molecule has 1 atom stereocenters. The molecule has 0 aromatic heterocycles. The van der Waals surface area contributed by atoms with Gasteiger partial charge in [0.15, 0.2) is 0 Å². The highest BCUT2D eigenvalue weighted by Crippen LogP contribution is 2.36. The maximum absolute atomic E-state index is 15.1. The van der Waals surface area contributed by atoms with E-state index in [9.17, 15) is 9.59 Å². The van der Waals surface area contributed by atoms with Gasteiger partial charge >= 0.3 is 0 Å². The van der Waals surface area contributed by atoms with Gasteiger partial charge in [0.1, 0.15) is 17.4 Å². The molecular formula is C24H28FN5O3. The third-order valence-corrected chi connectivity index (χ3v) is 6.23. The Morgan fingerprint density at radius 1 is 1.21 bits per heavy atom. The predicted octanol–water partition coefficient (Wildman–Crippen LogP) is 2.22. The van der Waals surface area contributed by atoms with E-state index in [0.717, 1.165) is 25.7 Å². The number of ether oxygens (including phenoxy) is 1. The molecule has 6 N–H and O–H groups in total. The lowest BCUT2D eigenvalue weighted by molar-refractivity contribution is -0.114. The van der Waals surface area contributed by atoms with Gasteiger partial charge in [-0.1, -0.05) is 37.1 Å². The van der Waals surface area contributed by atoms with Crippen LogP contribution in [0.5, 0.6) is 5.75 Å². The fourth-order valence-corrected chi connectivity index (χ4v) is 4.53. The highest BCUT2D eigenvalue weighted by atomic mass is 19.1. The second-order valence-corrected chi connectivity index (χ2v) is 8.27. The molecule has 2 aromatic carbocycles. The van der Waals surface area contributed by atoms with E-state index in [1.165, 1.54) is 13.2 Å². The zero-order chi connectivity index (χ0) is 23.5. The first-order valence-electron chi connectivity index (χ1n) is 10.9. The summed E-state index contributed by atoms with van der Waals surface area (Å²) in [6.07, 6.45) is 4.05. The van der Waals surface area contributed by atoms with Gasteiger partial charge in [-0.3, -0.25) is 14.6 Å². The van der Waals surface area contributed by atoms with Gasteiger partial charge in [0.25, 0.3) is 5.91 Å². The number of benzene rings is 2. The van der Waals surface area contributed by atoms with Crippen LogP contribution in [0.15, 0.2) is 53.9 Å². The first-order chi connectivity index (χ1) is 15.9. The van der Waals surface area contributed by atoms with Crippen molar-refractivity contribution in [1.29, 1.82) is 0 Å². The number of hydrazine groups is 1. The number of para-hydroxylation sites is 1. The van der Waals surface area contributed by atoms with E-state index in [0.29, 0.717) is 16.9 Å². The molecule has 0 saturated heterocycles. The number of carbonyl (C=O) groups is 2. The summed E-state index contributed by atoms with van der Waals surface area (Å²) in [6.45, 7) is 0.126. The number of rotatable bonds is 7. The number of hydrogen-bond acceptors (Lipinski definition) is 6. The Balaban J connectivity index is 1.50. The van der Waals surface area contributed by atoms with Crippen LogP contribution < -0.4 is 26.9 Å². The van der Waals surface area contributed by atoms with E-state index in [1.807, 2.05) is 0 Å². The molecule has 2 aromatic rings. The van der Waals surface area contributed by atoms with E-state index in [1.54, 1.807) is 41.4 Å². The molecule has 8 nitrogen and oxygen atoms in total. The molecule has 174 valence electrons. The summed E-state index contributed by atoms with van der Waals surface area (Å²) >= 11 is 0. The molecule has 0 bridgehead atoms. The number of nitrogens with one attached hydrogen (secondary N) is 2. The summed E-state index contributed by atoms with van der Waals surface area (Å²) in [7, 11) is 1.49. The Morgan fingerprint density at radius 2 is 1.94 bits per heavy atom. The molecule has 2 amide bonds. The second kappa shape index (κ2) is 9.50. The number of nitrogens with two attached hydrogens (primary N) is 2. The molecule has 1 heterocycles. The fourth-order valence-electron chi connectivity index (χ4n) is 4.53. The van der Waals surface area contributed by atoms with Crippen LogP contribution in [0, 0.1) is 5.82 Å². The molecule has 1 aliphatic heterocycles. The molecule has 9 heteroatoms. The normalized spacial score (nSPS) is 18.6. The van der Waals surface area contributed by atoms with Crippen LogP contribution in [0.25, 0.3) is 0 Å². The van der Waals surface area contributed by atoms with E-state index in [2.05, 4.69) is 10.7 Å². The van der Waals surface area contributed by atoms with Gasteiger partial charge in [-0.05, 0) is 36.6 Å². The molecule has 1 aliphatic carbocycles. The number of carbonyl (C=O) groups excluding carboxylic acids is 2. The number of hydrogen-bond donors (Lipinski definition) is 4. The maximum Gasteiger partial charge on any atom is 0.255 e. The minimum atomic E-state index is -0.764. The van der Waals surface area contributed by atoms with Crippen molar-refractivity contribution in [3.05, 3.63) is 76.4 Å². The number of amides is 2. The third kappa shape index (κ3) is 4.49. The van der Waals surface area contributed by atoms with E-state index >= 15 is 4.39 Å². The van der Waals surface area contributed by atoms with Crippen LogP contribution >= 0.6 is 0 Å². The lowest BCUT2D eigenvalue weighted by Crippen LogP contribution is -2.42. The van der Waals surface area contributed by atoms with E-state index < -0.39 is 17.8 Å². The summed E-state index contributed by atoms with van der Waals surface area (Å²) in [4.78, 5) is 24.6. The van der Waals surface area contributed by atoms with E-state index in [4.69, 9.17) is 16.2 Å². The Kier molecular flexibility index (Phi) is 6.50. The SMILES string of the molecule is COc1ccccc1C(=O)NCc1ccc(C2NN(C3CCCC3)C(N)=C2C(N)=O)c(F)c1. The Labute approximate surface area is 191 Å². The lowest BCUT2D eigenvalue weighted by atomic mass is 9.98. The van der Waals surface area contributed by atoms with Gasteiger partial charge in [-0.15, -0.1) is 0 Å². The van der Waals surface area contributed by atoms with Gasteiger partial charge in [0, 0.05) is 18.2 Å². The highest BCUT2D eigenvalue weighted by molar-refractivity contribution is 5.97. The molecule has 2 aliphatic rings. The van der Waals surface area contributed by atoms with Crippen LogP contribution in [0.4, 0.5) is 4.39 Å². The number of primary amides is 1. The highest BCUT2D eigenvalue weighted by Gasteiger charge is 2.39. The molecule has 1 fully saturated rings. The monoisotopic (exact) mass is 453 g/mol. The van der Waals surface area contributed by atoms with Crippen molar-refractivity contribution in [3.63, 3.8) is 0 Å². The lowest BCUT2D eigenvalue weighted by Gasteiger charge is -2.28. The van der Waals surface area contributed by atoms with Crippen molar-refractivity contribution in [1.82, 2.24) is 15.8 Å². The van der Waals surface area contributed by atoms with Crippen molar-refractivity contribution >= 4 is 11.8 Å². The number of methoxy groups -OCH3 is 1. The molecular weight excluding hydrogens is 425 g/mol. The summed E-state index contributed by atoms with van der Waals surface area (Å²) in [5.74, 6) is -0.811. The summed E-state index contributed by atoms with van der Waals surface area (Å²) < 4.78 is 20.3. The van der Waals surface area contributed by atoms with Gasteiger partial charge in [0.05, 0.1) is 24.3 Å². The summed E-state index contributed by atoms with van der Waals surface area (Å²) in [6, 6.07) is 10.9. The Morgan fingerprint density at radius 3 is 2.61 bits per heavy atom. The Hall–Kier alpha value is -3.59. The van der Waals surface area contributed by atoms with Crippen LogP contribution in [0.3, 0.4) is 0 Å². The van der Waals surface area contributed by atoms with Crippen molar-refractivity contribution in [2.75, 3.05) is 7.11 Å². The molecule has 1 saturated carbocycles. The first-order valence-corrected chi connectivity index (χ1v) is 10.9. The average Bonchev–Trinajstić information content (AvgIpc) is 3.45. The van der Waals surface area contributed by atoms with Crippen LogP contribution in [0.1, 0.15) is 53.2 Å². The van der Waals surface area contributed by atoms with Crippen molar-refractivity contribution in [3.8, 4) is 5.75 Å². The average molecular weight is 454 g/mol. The van der Waals surface area contributed by atoms with Gasteiger partial charge in [-0.25, -0.2) is 9.82 Å². The molecule has 1 unspecified atom stereocenters. The van der Waals surface area contributed by atoms with Crippen LogP contribution in [-0.4, -0.2) is 30.0 Å². The topological polar surface area (TPSA) is 123 Å². The van der Waals surface area contributed by atoms with Gasteiger partial charge < -0.3 is 21.5 Å². The quantitative estimate of drug-likeness (QED) is 0.510. The molecule has 33 heavy (non-hydrogen) atoms. The number of nitrogens with zero attached hydrogens (tertiary/aromatic N) is 1. The first kappa shape index (κ1) is 22.6. The maximum atomic E-state index is 15.1. The number of halogens is 1. The fraction of sp³-hybridized carbons (Fsp3) is 0.333. The minimum Gasteiger partial charge on any atom is -0.496 e. The Bertz CT molecular complexity index is 1100. The summed E-state index contributed by atoms with van der Waals surface area (Å²) in [5, 5.41) is 4.53. The van der Waals surface area contributed by atoms with Gasteiger partial charge in [0.2, 0.25) is 5.91 Å². The largest absolute Gasteiger partial charge is 0.496 e. The summed E-state index contributed by atoms with van der Waals surface area (Å²) in [5.41, 5.74) is 16.4. The van der Waals surface area contributed by atoms with Crippen molar-refractivity contribution in [2.45, 2.75) is 44.3 Å². The van der Waals surface area contributed by atoms with Crippen LogP contribution in [0.2, 0.25) is 0 Å². The van der Waals surface area contributed by atoms with Crippen molar-refractivity contribution in [2.24, 2.45) is 11.5 Å².